The topological polar surface area (TPSA) is 78.5 Å². The van der Waals surface area contributed by atoms with Crippen LogP contribution in [-0.4, -0.2) is 24.7 Å². The highest BCUT2D eigenvalue weighted by molar-refractivity contribution is 5.79. The number of carboxylic acid groups (broad SMARTS) is 1. The van der Waals surface area contributed by atoms with Gasteiger partial charge in [0.25, 0.3) is 0 Å². The number of fused-ring (bicyclic) bond motifs is 3. The Balaban J connectivity index is 1.41. The summed E-state index contributed by atoms with van der Waals surface area (Å²) in [6.45, 7) is 0.260. The SMILES string of the molecule is O=C(N[C@@H]1CC[C@@H](C(=O)[O-])C1)OCC1c2ccccc2-c2ccccc21. The first-order valence-corrected chi connectivity index (χ1v) is 8.96. The van der Waals surface area contributed by atoms with Gasteiger partial charge >= 0.3 is 6.09 Å². The molecule has 134 valence electrons. The summed E-state index contributed by atoms with van der Waals surface area (Å²) in [5.41, 5.74) is 4.70. The van der Waals surface area contributed by atoms with Crippen LogP contribution < -0.4 is 10.4 Å². The maximum Gasteiger partial charge on any atom is 0.407 e. The molecular weight excluding hydrogens is 330 g/mol. The first-order chi connectivity index (χ1) is 12.6. The molecule has 0 aliphatic heterocycles. The van der Waals surface area contributed by atoms with Crippen molar-refractivity contribution in [1.82, 2.24) is 5.32 Å². The van der Waals surface area contributed by atoms with E-state index in [0.717, 1.165) is 0 Å². The molecule has 2 aromatic rings. The van der Waals surface area contributed by atoms with Gasteiger partial charge in [-0.15, -0.1) is 0 Å². The van der Waals surface area contributed by atoms with Gasteiger partial charge in [0.05, 0.1) is 0 Å². The second-order valence-corrected chi connectivity index (χ2v) is 7.00. The van der Waals surface area contributed by atoms with E-state index < -0.39 is 18.0 Å². The predicted molar refractivity (Wildman–Crippen MR) is 94.3 cm³/mol. The van der Waals surface area contributed by atoms with E-state index in [9.17, 15) is 14.7 Å². The van der Waals surface area contributed by atoms with E-state index >= 15 is 0 Å². The summed E-state index contributed by atoms with van der Waals surface area (Å²) in [5.74, 6) is -1.50. The zero-order valence-electron chi connectivity index (χ0n) is 14.3. The highest BCUT2D eigenvalue weighted by Gasteiger charge is 2.30. The molecule has 0 spiro atoms. The van der Waals surface area contributed by atoms with Crippen LogP contribution in [0.2, 0.25) is 0 Å². The highest BCUT2D eigenvalue weighted by atomic mass is 16.5. The van der Waals surface area contributed by atoms with Gasteiger partial charge in [-0.2, -0.15) is 0 Å². The van der Waals surface area contributed by atoms with Crippen molar-refractivity contribution in [1.29, 1.82) is 0 Å². The van der Waals surface area contributed by atoms with Crippen LogP contribution in [0, 0.1) is 5.92 Å². The molecule has 0 aromatic heterocycles. The Kier molecular flexibility index (Phi) is 4.37. The minimum atomic E-state index is -1.04. The molecule has 2 aliphatic carbocycles. The fourth-order valence-corrected chi connectivity index (χ4v) is 4.13. The summed E-state index contributed by atoms with van der Waals surface area (Å²) in [6.07, 6.45) is 1.10. The number of carboxylic acids is 1. The molecule has 2 aromatic carbocycles. The zero-order chi connectivity index (χ0) is 18.1. The van der Waals surface area contributed by atoms with Gasteiger partial charge in [-0.3, -0.25) is 0 Å². The zero-order valence-corrected chi connectivity index (χ0v) is 14.3. The number of hydrogen-bond acceptors (Lipinski definition) is 4. The van der Waals surface area contributed by atoms with E-state index in [-0.39, 0.29) is 18.6 Å². The van der Waals surface area contributed by atoms with Crippen LogP contribution in [0.3, 0.4) is 0 Å². The quantitative estimate of drug-likeness (QED) is 0.919. The lowest BCUT2D eigenvalue weighted by molar-refractivity contribution is -0.311. The minimum absolute atomic E-state index is 0.0210. The van der Waals surface area contributed by atoms with Gasteiger partial charge in [-0.25, -0.2) is 4.79 Å². The van der Waals surface area contributed by atoms with Gasteiger partial charge in [-0.05, 0) is 41.5 Å². The largest absolute Gasteiger partial charge is 0.550 e. The number of carbonyl (C=O) groups is 2. The van der Waals surface area contributed by atoms with Crippen LogP contribution in [-0.2, 0) is 9.53 Å². The van der Waals surface area contributed by atoms with Crippen LogP contribution >= 0.6 is 0 Å². The summed E-state index contributed by atoms with van der Waals surface area (Å²) >= 11 is 0. The Morgan fingerprint density at radius 1 is 1.00 bits per heavy atom. The van der Waals surface area contributed by atoms with Crippen LogP contribution in [0.4, 0.5) is 4.79 Å². The molecular formula is C21H20NO4-. The van der Waals surface area contributed by atoms with E-state index in [4.69, 9.17) is 4.74 Å². The van der Waals surface area contributed by atoms with Gasteiger partial charge < -0.3 is 20.0 Å². The molecule has 2 atom stereocenters. The molecule has 0 unspecified atom stereocenters. The highest BCUT2D eigenvalue weighted by Crippen LogP contribution is 2.44. The maximum atomic E-state index is 12.2. The van der Waals surface area contributed by atoms with Crippen LogP contribution in [0.1, 0.15) is 36.3 Å². The van der Waals surface area contributed by atoms with Crippen LogP contribution in [0.15, 0.2) is 48.5 Å². The molecule has 5 heteroatoms. The predicted octanol–water partition coefficient (Wildman–Crippen LogP) is 2.44. The maximum absolute atomic E-state index is 12.2. The van der Waals surface area contributed by atoms with Gasteiger partial charge in [0, 0.05) is 23.8 Å². The molecule has 5 nitrogen and oxygen atoms in total. The lowest BCUT2D eigenvalue weighted by atomic mass is 9.98. The van der Waals surface area contributed by atoms with E-state index in [1.807, 2.05) is 24.3 Å². The Morgan fingerprint density at radius 3 is 2.19 bits per heavy atom. The first kappa shape index (κ1) is 16.6. The van der Waals surface area contributed by atoms with Crippen molar-refractivity contribution in [3.63, 3.8) is 0 Å². The summed E-state index contributed by atoms with van der Waals surface area (Å²) in [7, 11) is 0. The molecule has 26 heavy (non-hydrogen) atoms. The monoisotopic (exact) mass is 350 g/mol. The third kappa shape index (κ3) is 3.05. The Bertz CT molecular complexity index is 802. The van der Waals surface area contributed by atoms with Crippen molar-refractivity contribution < 1.29 is 19.4 Å². The molecule has 1 N–H and O–H groups in total. The summed E-state index contributed by atoms with van der Waals surface area (Å²) in [6, 6.07) is 16.2. The van der Waals surface area contributed by atoms with Crippen molar-refractivity contribution >= 4 is 12.1 Å². The number of nitrogens with one attached hydrogen (secondary N) is 1. The molecule has 1 fully saturated rings. The molecule has 0 bridgehead atoms. The molecule has 0 radical (unpaired) electrons. The van der Waals surface area contributed by atoms with Crippen LogP contribution in [0.5, 0.6) is 0 Å². The Morgan fingerprint density at radius 2 is 1.62 bits per heavy atom. The third-order valence-corrected chi connectivity index (χ3v) is 5.43. The number of alkyl carbamates (subject to hydrolysis) is 1. The number of ether oxygens (including phenoxy) is 1. The molecule has 2 aliphatic rings. The molecule has 1 saturated carbocycles. The molecule has 0 heterocycles. The van der Waals surface area contributed by atoms with E-state index in [1.54, 1.807) is 0 Å². The molecule has 0 saturated heterocycles. The summed E-state index contributed by atoms with van der Waals surface area (Å²) < 4.78 is 5.48. The Labute approximate surface area is 152 Å². The minimum Gasteiger partial charge on any atom is -0.550 e. The number of hydrogen-bond donors (Lipinski definition) is 1. The molecule has 1 amide bonds. The van der Waals surface area contributed by atoms with Gasteiger partial charge in [0.2, 0.25) is 0 Å². The van der Waals surface area contributed by atoms with Crippen molar-refractivity contribution in [2.45, 2.75) is 31.2 Å². The van der Waals surface area contributed by atoms with E-state index in [0.29, 0.717) is 19.3 Å². The number of benzene rings is 2. The normalized spacial score (nSPS) is 21.1. The van der Waals surface area contributed by atoms with E-state index in [1.165, 1.54) is 22.3 Å². The Hall–Kier alpha value is -2.82. The molecule has 4 rings (SSSR count). The van der Waals surface area contributed by atoms with Crippen molar-refractivity contribution in [3.05, 3.63) is 59.7 Å². The number of carbonyl (C=O) groups excluding carboxylic acids is 2. The average molecular weight is 350 g/mol. The second-order valence-electron chi connectivity index (χ2n) is 7.00. The van der Waals surface area contributed by atoms with Crippen molar-refractivity contribution in [2.24, 2.45) is 5.92 Å². The summed E-state index contributed by atoms with van der Waals surface area (Å²) in [5, 5.41) is 13.7. The van der Waals surface area contributed by atoms with Gasteiger partial charge in [0.15, 0.2) is 0 Å². The van der Waals surface area contributed by atoms with Gasteiger partial charge in [-0.1, -0.05) is 48.5 Å². The number of rotatable bonds is 4. The lowest BCUT2D eigenvalue weighted by Crippen LogP contribution is -2.36. The van der Waals surface area contributed by atoms with Crippen molar-refractivity contribution in [3.8, 4) is 11.1 Å². The fraction of sp³-hybridized carbons (Fsp3) is 0.333. The van der Waals surface area contributed by atoms with Crippen molar-refractivity contribution in [2.75, 3.05) is 6.61 Å². The van der Waals surface area contributed by atoms with Crippen LogP contribution in [0.25, 0.3) is 11.1 Å². The smallest absolute Gasteiger partial charge is 0.407 e. The van der Waals surface area contributed by atoms with Gasteiger partial charge in [0.1, 0.15) is 6.61 Å². The second kappa shape index (κ2) is 6.83. The fourth-order valence-electron chi connectivity index (χ4n) is 4.13. The average Bonchev–Trinajstić information content (AvgIpc) is 3.23. The number of aliphatic carboxylic acids is 1. The number of amides is 1. The lowest BCUT2D eigenvalue weighted by Gasteiger charge is -2.17. The van der Waals surface area contributed by atoms with E-state index in [2.05, 4.69) is 29.6 Å². The summed E-state index contributed by atoms with van der Waals surface area (Å²) in [4.78, 5) is 23.1. The standard InChI is InChI=1S/C21H21NO4/c23-20(24)13-9-10-14(11-13)22-21(25)26-12-19-17-7-3-1-5-15(17)16-6-2-4-8-18(16)19/h1-8,13-14,19H,9-12H2,(H,22,25)(H,23,24)/p-1/t13-,14-/m1/s1. The third-order valence-electron chi connectivity index (χ3n) is 5.43. The first-order valence-electron chi connectivity index (χ1n) is 8.96.